The highest BCUT2D eigenvalue weighted by Crippen LogP contribution is 2.37. The van der Waals surface area contributed by atoms with Gasteiger partial charge in [-0.15, -0.1) is 0 Å². The lowest BCUT2D eigenvalue weighted by atomic mass is 9.78. The number of aryl methyl sites for hydroxylation is 2. The third-order valence-electron chi connectivity index (χ3n) is 7.20. The number of rotatable bonds is 7. The van der Waals surface area contributed by atoms with Crippen molar-refractivity contribution in [2.45, 2.75) is 57.8 Å². The highest BCUT2D eigenvalue weighted by atomic mass is 16.4. The van der Waals surface area contributed by atoms with E-state index in [1.54, 1.807) is 6.20 Å². The second-order valence-corrected chi connectivity index (χ2v) is 9.40. The fraction of sp³-hybridized carbons (Fsp3) is 0.345. The molecule has 0 unspecified atom stereocenters. The van der Waals surface area contributed by atoms with E-state index >= 15 is 0 Å². The molecule has 1 saturated carbocycles. The van der Waals surface area contributed by atoms with Crippen molar-refractivity contribution in [3.63, 3.8) is 0 Å². The summed E-state index contributed by atoms with van der Waals surface area (Å²) >= 11 is 0. The van der Waals surface area contributed by atoms with E-state index in [0.29, 0.717) is 18.1 Å². The number of carbonyl (C=O) groups is 1. The Bertz CT molecular complexity index is 1160. The maximum Gasteiger partial charge on any atom is 0.306 e. The molecule has 5 heteroatoms. The van der Waals surface area contributed by atoms with Gasteiger partial charge in [0, 0.05) is 29.8 Å². The number of hydrogen-bond donors (Lipinski definition) is 2. The maximum absolute atomic E-state index is 11.3. The lowest BCUT2D eigenvalue weighted by Crippen LogP contribution is -2.20. The number of pyridine rings is 1. The molecule has 2 aromatic carbocycles. The summed E-state index contributed by atoms with van der Waals surface area (Å²) in [7, 11) is 0. The Morgan fingerprint density at radius 2 is 1.74 bits per heavy atom. The van der Waals surface area contributed by atoms with Crippen LogP contribution < -0.4 is 0 Å². The number of oxime groups is 1. The van der Waals surface area contributed by atoms with Crippen molar-refractivity contribution in [2.24, 2.45) is 11.1 Å². The standard InChI is InChI=1S/C29H32N2O3/c1-19-5-3-4-6-26(19)27(18-28(31-34)25-15-16-30-20(2)17-25)23-11-7-21(8-12-23)22-9-13-24(14-10-22)29(32)33/h3-8,11-12,15-17,22,24,27,34H,9-10,13-14,18H2,1-2H3,(H,32,33)/b31-28-/t22?,24?,27-/m1/s1. The second kappa shape index (κ2) is 10.6. The van der Waals surface area contributed by atoms with Gasteiger partial charge < -0.3 is 10.3 Å². The molecule has 1 aromatic heterocycles. The Balaban J connectivity index is 1.61. The highest BCUT2D eigenvalue weighted by Gasteiger charge is 2.27. The normalized spacial score (nSPS) is 19.5. The molecule has 3 aromatic rings. The number of aliphatic carboxylic acids is 1. The van der Waals surface area contributed by atoms with Crippen LogP contribution in [0.1, 0.15) is 77.5 Å². The van der Waals surface area contributed by atoms with Crippen LogP contribution in [0.25, 0.3) is 0 Å². The van der Waals surface area contributed by atoms with Crippen molar-refractivity contribution >= 4 is 11.7 Å². The van der Waals surface area contributed by atoms with E-state index in [1.807, 2.05) is 25.1 Å². The van der Waals surface area contributed by atoms with Gasteiger partial charge in [0.2, 0.25) is 0 Å². The Hall–Kier alpha value is -3.47. The highest BCUT2D eigenvalue weighted by molar-refractivity contribution is 6.01. The van der Waals surface area contributed by atoms with Crippen molar-refractivity contribution in [2.75, 3.05) is 0 Å². The molecule has 0 radical (unpaired) electrons. The van der Waals surface area contributed by atoms with E-state index in [9.17, 15) is 15.1 Å². The predicted octanol–water partition coefficient (Wildman–Crippen LogP) is 6.46. The average Bonchev–Trinajstić information content (AvgIpc) is 2.86. The Morgan fingerprint density at radius 1 is 1.03 bits per heavy atom. The van der Waals surface area contributed by atoms with Gasteiger partial charge in [0.15, 0.2) is 0 Å². The Labute approximate surface area is 201 Å². The van der Waals surface area contributed by atoms with Crippen LogP contribution in [0.5, 0.6) is 0 Å². The molecule has 0 amide bonds. The zero-order chi connectivity index (χ0) is 24.1. The van der Waals surface area contributed by atoms with Crippen LogP contribution in [-0.2, 0) is 4.79 Å². The summed E-state index contributed by atoms with van der Waals surface area (Å²) < 4.78 is 0. The summed E-state index contributed by atoms with van der Waals surface area (Å²) in [6.07, 6.45) is 5.63. The monoisotopic (exact) mass is 456 g/mol. The van der Waals surface area contributed by atoms with E-state index in [2.05, 4.69) is 59.5 Å². The number of aromatic nitrogens is 1. The van der Waals surface area contributed by atoms with Crippen LogP contribution in [0.15, 0.2) is 72.0 Å². The van der Waals surface area contributed by atoms with Gasteiger partial charge >= 0.3 is 5.97 Å². The SMILES string of the molecule is Cc1cc(/C(C[C@H](c2ccc(C3CCC(C(=O)O)CC3)cc2)c2ccccc2C)=N\O)ccn1. The molecule has 34 heavy (non-hydrogen) atoms. The fourth-order valence-electron chi connectivity index (χ4n) is 5.19. The van der Waals surface area contributed by atoms with Gasteiger partial charge in [-0.2, -0.15) is 0 Å². The Morgan fingerprint density at radius 3 is 2.35 bits per heavy atom. The topological polar surface area (TPSA) is 82.8 Å². The zero-order valence-electron chi connectivity index (χ0n) is 19.8. The molecule has 1 atom stereocenters. The average molecular weight is 457 g/mol. The lowest BCUT2D eigenvalue weighted by molar-refractivity contribution is -0.142. The van der Waals surface area contributed by atoms with E-state index in [0.717, 1.165) is 36.9 Å². The summed E-state index contributed by atoms with van der Waals surface area (Å²) in [5.74, 6) is -0.414. The van der Waals surface area contributed by atoms with Crippen LogP contribution in [0.4, 0.5) is 0 Å². The fourth-order valence-corrected chi connectivity index (χ4v) is 5.19. The van der Waals surface area contributed by atoms with Crippen LogP contribution in [0, 0.1) is 19.8 Å². The van der Waals surface area contributed by atoms with E-state index in [1.165, 1.54) is 22.3 Å². The minimum Gasteiger partial charge on any atom is -0.481 e. The van der Waals surface area contributed by atoms with E-state index < -0.39 is 5.97 Å². The third kappa shape index (κ3) is 5.36. The van der Waals surface area contributed by atoms with Gasteiger partial charge in [0.1, 0.15) is 0 Å². The Kier molecular flexibility index (Phi) is 7.41. The molecule has 1 aliphatic carbocycles. The largest absolute Gasteiger partial charge is 0.481 e. The number of carboxylic acids is 1. The van der Waals surface area contributed by atoms with Gasteiger partial charge in [-0.05, 0) is 79.8 Å². The van der Waals surface area contributed by atoms with Gasteiger partial charge in [0.25, 0.3) is 0 Å². The zero-order valence-corrected chi connectivity index (χ0v) is 19.8. The molecule has 2 N–H and O–H groups in total. The first-order valence-corrected chi connectivity index (χ1v) is 12.0. The van der Waals surface area contributed by atoms with Crippen LogP contribution in [0.3, 0.4) is 0 Å². The number of carboxylic acid groups (broad SMARTS) is 1. The number of nitrogens with zero attached hydrogens (tertiary/aromatic N) is 2. The number of benzene rings is 2. The molecule has 4 rings (SSSR count). The van der Waals surface area contributed by atoms with Gasteiger partial charge in [-0.1, -0.05) is 53.7 Å². The summed E-state index contributed by atoms with van der Waals surface area (Å²) in [6, 6.07) is 20.9. The van der Waals surface area contributed by atoms with E-state index in [-0.39, 0.29) is 11.8 Å². The van der Waals surface area contributed by atoms with Crippen molar-refractivity contribution in [1.29, 1.82) is 0 Å². The molecule has 1 fully saturated rings. The number of hydrogen-bond acceptors (Lipinski definition) is 4. The minimum absolute atomic E-state index is 0.0392. The van der Waals surface area contributed by atoms with Gasteiger partial charge in [0.05, 0.1) is 11.6 Å². The van der Waals surface area contributed by atoms with Crippen molar-refractivity contribution in [3.05, 3.63) is 100 Å². The molecular weight excluding hydrogens is 424 g/mol. The van der Waals surface area contributed by atoms with Crippen molar-refractivity contribution in [3.8, 4) is 0 Å². The minimum atomic E-state index is -0.666. The molecule has 0 aliphatic heterocycles. The third-order valence-corrected chi connectivity index (χ3v) is 7.20. The maximum atomic E-state index is 11.3. The first-order chi connectivity index (χ1) is 16.5. The molecule has 0 spiro atoms. The predicted molar refractivity (Wildman–Crippen MR) is 134 cm³/mol. The second-order valence-electron chi connectivity index (χ2n) is 9.40. The van der Waals surface area contributed by atoms with Gasteiger partial charge in [-0.3, -0.25) is 9.78 Å². The molecule has 5 nitrogen and oxygen atoms in total. The van der Waals surface area contributed by atoms with Crippen LogP contribution in [-0.4, -0.2) is 27.0 Å². The van der Waals surface area contributed by atoms with Gasteiger partial charge in [-0.25, -0.2) is 0 Å². The molecule has 1 heterocycles. The molecule has 176 valence electrons. The first-order valence-electron chi connectivity index (χ1n) is 12.0. The smallest absolute Gasteiger partial charge is 0.306 e. The summed E-state index contributed by atoms with van der Waals surface area (Å²) in [4.78, 5) is 15.5. The summed E-state index contributed by atoms with van der Waals surface area (Å²) in [6.45, 7) is 4.05. The van der Waals surface area contributed by atoms with E-state index in [4.69, 9.17) is 0 Å². The first kappa shape index (κ1) is 23.7. The van der Waals surface area contributed by atoms with Crippen LogP contribution >= 0.6 is 0 Å². The van der Waals surface area contributed by atoms with Crippen LogP contribution in [0.2, 0.25) is 0 Å². The quantitative estimate of drug-likeness (QED) is 0.243. The van der Waals surface area contributed by atoms with Crippen molar-refractivity contribution < 1.29 is 15.1 Å². The molecule has 0 bridgehead atoms. The molecule has 0 saturated heterocycles. The molecule has 1 aliphatic rings. The summed E-state index contributed by atoms with van der Waals surface area (Å²) in [5, 5.41) is 22.8. The lowest BCUT2D eigenvalue weighted by Gasteiger charge is -2.27. The van der Waals surface area contributed by atoms with Crippen molar-refractivity contribution in [1.82, 2.24) is 4.98 Å². The molecular formula is C29H32N2O3. The summed E-state index contributed by atoms with van der Waals surface area (Å²) in [5.41, 5.74) is 7.25.